The molecule has 1 heterocycles. The molecule has 0 saturated heterocycles. The third kappa shape index (κ3) is 6.83. The summed E-state index contributed by atoms with van der Waals surface area (Å²) in [5, 5.41) is 3.95. The summed E-state index contributed by atoms with van der Waals surface area (Å²) in [5.74, 6) is -0.486. The lowest BCUT2D eigenvalue weighted by Crippen LogP contribution is -2.14. The third-order valence-electron chi connectivity index (χ3n) is 4.18. The number of carbonyl (C=O) groups is 1. The first-order valence-corrected chi connectivity index (χ1v) is 12.1. The number of sulfonamides is 1. The van der Waals surface area contributed by atoms with Crippen molar-refractivity contribution in [1.82, 2.24) is 4.98 Å². The highest BCUT2D eigenvalue weighted by atomic mass is 35.5. The summed E-state index contributed by atoms with van der Waals surface area (Å²) in [4.78, 5) is 16.0. The number of hydrogen-bond acceptors (Lipinski definition) is 6. The average Bonchev–Trinajstić information content (AvgIpc) is 3.24. The molecule has 33 heavy (non-hydrogen) atoms. The molecule has 0 aliphatic carbocycles. The summed E-state index contributed by atoms with van der Waals surface area (Å²) in [6.07, 6.45) is -2.87. The van der Waals surface area contributed by atoms with Crippen molar-refractivity contribution >= 4 is 49.7 Å². The fourth-order valence-corrected chi connectivity index (χ4v) is 4.72. The van der Waals surface area contributed by atoms with Crippen molar-refractivity contribution in [3.63, 3.8) is 0 Å². The topological polar surface area (TPSA) is 97.4 Å². The quantitative estimate of drug-likeness (QED) is 0.368. The molecule has 0 saturated carbocycles. The van der Waals surface area contributed by atoms with Gasteiger partial charge in [0.1, 0.15) is 5.75 Å². The molecular weight excluding hydrogens is 503 g/mol. The molecule has 3 aromatic rings. The highest BCUT2D eigenvalue weighted by Gasteiger charge is 2.34. The van der Waals surface area contributed by atoms with Gasteiger partial charge in [0.2, 0.25) is 5.91 Å². The number of carbonyl (C=O) groups excluding carboxylic acids is 1. The number of aromatic nitrogens is 1. The molecule has 0 bridgehead atoms. The monoisotopic (exact) mass is 519 g/mol. The predicted molar refractivity (Wildman–Crippen MR) is 119 cm³/mol. The minimum atomic E-state index is -4.60. The maximum absolute atomic E-state index is 12.9. The van der Waals surface area contributed by atoms with Gasteiger partial charge in [0.15, 0.2) is 5.13 Å². The van der Waals surface area contributed by atoms with Gasteiger partial charge in [-0.3, -0.25) is 9.52 Å². The highest BCUT2D eigenvalue weighted by molar-refractivity contribution is 7.93. The Hall–Kier alpha value is -2.83. The van der Waals surface area contributed by atoms with Crippen LogP contribution in [0.4, 0.5) is 24.0 Å². The molecule has 2 N–H and O–H groups in total. The van der Waals surface area contributed by atoms with Crippen molar-refractivity contribution in [3.05, 3.63) is 64.6 Å². The van der Waals surface area contributed by atoms with Gasteiger partial charge in [-0.05, 0) is 42.8 Å². The maximum Gasteiger partial charge on any atom is 0.417 e. The number of alkyl halides is 3. The second-order valence-electron chi connectivity index (χ2n) is 6.58. The average molecular weight is 520 g/mol. The van der Waals surface area contributed by atoms with Gasteiger partial charge in [0.05, 0.1) is 22.1 Å². The van der Waals surface area contributed by atoms with Crippen LogP contribution in [-0.2, 0) is 21.0 Å². The Morgan fingerprint density at radius 3 is 2.52 bits per heavy atom. The van der Waals surface area contributed by atoms with E-state index in [0.717, 1.165) is 17.4 Å². The van der Waals surface area contributed by atoms with E-state index in [1.165, 1.54) is 42.6 Å². The number of anilines is 2. The van der Waals surface area contributed by atoms with E-state index < -0.39 is 26.8 Å². The zero-order valence-corrected chi connectivity index (χ0v) is 19.1. The second-order valence-corrected chi connectivity index (χ2v) is 9.54. The normalized spacial score (nSPS) is 11.8. The summed E-state index contributed by atoms with van der Waals surface area (Å²) in [6, 6.07) is 8.91. The maximum atomic E-state index is 12.9. The summed E-state index contributed by atoms with van der Waals surface area (Å²) < 4.78 is 70.9. The molecule has 0 aliphatic heterocycles. The lowest BCUT2D eigenvalue weighted by Gasteiger charge is -2.13. The summed E-state index contributed by atoms with van der Waals surface area (Å²) in [5.41, 5.74) is -0.609. The van der Waals surface area contributed by atoms with E-state index in [1.54, 1.807) is 5.38 Å². The molecule has 1 amide bonds. The molecular formula is C20H17ClF3N3O4S2. The number of thiazole rings is 1. The van der Waals surface area contributed by atoms with Crippen molar-refractivity contribution < 1.29 is 31.1 Å². The van der Waals surface area contributed by atoms with Gasteiger partial charge in [-0.2, -0.15) is 13.2 Å². The first-order chi connectivity index (χ1) is 15.6. The van der Waals surface area contributed by atoms with E-state index in [2.05, 4.69) is 15.0 Å². The van der Waals surface area contributed by atoms with E-state index in [1.807, 2.05) is 0 Å². The molecule has 13 heteroatoms. The molecule has 1 aromatic heterocycles. The molecule has 0 aliphatic rings. The number of rotatable bonds is 9. The zero-order valence-electron chi connectivity index (χ0n) is 16.7. The lowest BCUT2D eigenvalue weighted by molar-refractivity contribution is -0.137. The number of benzene rings is 2. The van der Waals surface area contributed by atoms with E-state index in [9.17, 15) is 26.4 Å². The Labute approximate surface area is 196 Å². The number of halogens is 4. The Morgan fingerprint density at radius 2 is 1.88 bits per heavy atom. The minimum Gasteiger partial charge on any atom is -0.492 e. The molecule has 176 valence electrons. The van der Waals surface area contributed by atoms with E-state index in [4.69, 9.17) is 16.3 Å². The fraction of sp³-hybridized carbons (Fsp3) is 0.200. The van der Waals surface area contributed by atoms with Crippen LogP contribution in [0.3, 0.4) is 0 Å². The number of nitrogens with zero attached hydrogens (tertiary/aromatic N) is 1. The molecule has 0 radical (unpaired) electrons. The van der Waals surface area contributed by atoms with Crippen LogP contribution in [0.15, 0.2) is 58.9 Å². The standard InChI is InChI=1S/C20H17ClF3N3O4S2/c21-18-15(20(22,23)24)3-1-4-16(18)31-11-2-5-17(28)26-13-6-8-14(9-7-13)33(29,30)27-19-25-10-12-32-19/h1,3-4,6-10,12H,2,5,11H2,(H,25,27)(H,26,28). The Bertz CT molecular complexity index is 1200. The predicted octanol–water partition coefficient (Wildman–Crippen LogP) is 5.41. The van der Waals surface area contributed by atoms with Gasteiger partial charge in [-0.25, -0.2) is 13.4 Å². The summed E-state index contributed by atoms with van der Waals surface area (Å²) in [7, 11) is -3.80. The number of ether oxygens (including phenoxy) is 1. The second kappa shape index (κ2) is 10.4. The Kier molecular flexibility index (Phi) is 7.82. The molecule has 7 nitrogen and oxygen atoms in total. The van der Waals surface area contributed by atoms with Crippen LogP contribution in [0.25, 0.3) is 0 Å². The third-order valence-corrected chi connectivity index (χ3v) is 6.74. The lowest BCUT2D eigenvalue weighted by atomic mass is 10.2. The highest BCUT2D eigenvalue weighted by Crippen LogP contribution is 2.39. The van der Waals surface area contributed by atoms with Gasteiger partial charge in [-0.15, -0.1) is 11.3 Å². The van der Waals surface area contributed by atoms with Crippen LogP contribution in [-0.4, -0.2) is 25.9 Å². The SMILES string of the molecule is O=C(CCCOc1cccc(C(F)(F)F)c1Cl)Nc1ccc(S(=O)(=O)Nc2nccs2)cc1. The number of hydrogen-bond donors (Lipinski definition) is 2. The Morgan fingerprint density at radius 1 is 1.15 bits per heavy atom. The first kappa shape index (κ1) is 24.8. The van der Waals surface area contributed by atoms with Crippen molar-refractivity contribution in [3.8, 4) is 5.75 Å². The summed E-state index contributed by atoms with van der Waals surface area (Å²) in [6.45, 7) is -0.0198. The summed E-state index contributed by atoms with van der Waals surface area (Å²) >= 11 is 6.89. The number of amides is 1. The van der Waals surface area contributed by atoms with Gasteiger partial charge < -0.3 is 10.1 Å². The Balaban J connectivity index is 1.48. The van der Waals surface area contributed by atoms with Crippen molar-refractivity contribution in [2.24, 2.45) is 0 Å². The molecule has 0 unspecified atom stereocenters. The van der Waals surface area contributed by atoms with Crippen LogP contribution in [0, 0.1) is 0 Å². The van der Waals surface area contributed by atoms with Crippen LogP contribution in [0.5, 0.6) is 5.75 Å². The van der Waals surface area contributed by atoms with Crippen LogP contribution >= 0.6 is 22.9 Å². The molecule has 0 fully saturated rings. The van der Waals surface area contributed by atoms with Crippen molar-refractivity contribution in [1.29, 1.82) is 0 Å². The zero-order chi connectivity index (χ0) is 24.1. The van der Waals surface area contributed by atoms with Gasteiger partial charge in [0.25, 0.3) is 10.0 Å². The van der Waals surface area contributed by atoms with Crippen LogP contribution in [0.1, 0.15) is 18.4 Å². The largest absolute Gasteiger partial charge is 0.492 e. The number of nitrogens with one attached hydrogen (secondary N) is 2. The van der Waals surface area contributed by atoms with Gasteiger partial charge in [0, 0.05) is 23.7 Å². The van der Waals surface area contributed by atoms with Crippen LogP contribution in [0.2, 0.25) is 5.02 Å². The van der Waals surface area contributed by atoms with Crippen molar-refractivity contribution in [2.45, 2.75) is 23.9 Å². The fourth-order valence-electron chi connectivity index (χ4n) is 2.64. The van der Waals surface area contributed by atoms with Gasteiger partial charge in [-0.1, -0.05) is 17.7 Å². The molecule has 0 atom stereocenters. The molecule has 2 aromatic carbocycles. The van der Waals surface area contributed by atoms with Crippen molar-refractivity contribution in [2.75, 3.05) is 16.6 Å². The minimum absolute atomic E-state index is 0.00191. The molecule has 0 spiro atoms. The van der Waals surface area contributed by atoms with Gasteiger partial charge >= 0.3 is 6.18 Å². The van der Waals surface area contributed by atoms with E-state index >= 15 is 0 Å². The van der Waals surface area contributed by atoms with Crippen LogP contribution < -0.4 is 14.8 Å². The first-order valence-electron chi connectivity index (χ1n) is 9.37. The van der Waals surface area contributed by atoms with E-state index in [0.29, 0.717) is 5.69 Å². The molecule has 3 rings (SSSR count). The van der Waals surface area contributed by atoms with E-state index in [-0.39, 0.29) is 41.1 Å². The smallest absolute Gasteiger partial charge is 0.417 e.